The van der Waals surface area contributed by atoms with Crippen LogP contribution in [0.2, 0.25) is 0 Å². The minimum atomic E-state index is -1.01. The molecule has 0 radical (unpaired) electrons. The van der Waals surface area contributed by atoms with E-state index < -0.39 is 72.1 Å². The predicted octanol–water partition coefficient (Wildman–Crippen LogP) is 4.45. The van der Waals surface area contributed by atoms with Gasteiger partial charge in [-0.25, -0.2) is 28.8 Å². The van der Waals surface area contributed by atoms with E-state index in [9.17, 15) is 47.9 Å². The molecule has 2 fully saturated rings. The average Bonchev–Trinajstić information content (AvgIpc) is 3.76. The second kappa shape index (κ2) is 35.4. The number of amides is 4. The molecular formula is C48H70N4O18. The number of rotatable bonds is 40. The topological polar surface area (TPSA) is 258 Å². The largest absolute Gasteiger partial charge is 0.464 e. The molecule has 0 aliphatic carbocycles. The summed E-state index contributed by atoms with van der Waals surface area (Å²) in [6, 6.07) is -1.14. The van der Waals surface area contributed by atoms with E-state index in [1.165, 1.54) is 19.6 Å². The molecule has 2 rings (SSSR count). The van der Waals surface area contributed by atoms with E-state index in [2.05, 4.69) is 26.3 Å². The highest BCUT2D eigenvalue weighted by atomic mass is 16.6. The third-order valence-electron chi connectivity index (χ3n) is 10.7. The number of fused-ring (bicyclic) bond motifs is 1. The Morgan fingerprint density at radius 2 is 0.543 bits per heavy atom. The summed E-state index contributed by atoms with van der Waals surface area (Å²) in [5.74, 6) is -4.29. The molecule has 2 aliphatic heterocycles. The third kappa shape index (κ3) is 23.5. The summed E-state index contributed by atoms with van der Waals surface area (Å²) in [6.07, 6.45) is 8.70. The Kier molecular flexibility index (Phi) is 30.0. The average molecular weight is 991 g/mol. The van der Waals surface area contributed by atoms with Gasteiger partial charge in [0.1, 0.15) is 38.8 Å². The number of hydrogen-bond donors (Lipinski definition) is 0. The third-order valence-corrected chi connectivity index (χ3v) is 10.7. The zero-order chi connectivity index (χ0) is 51.5. The number of nitrogens with zero attached hydrogens (tertiary/aromatic N) is 4. The second-order valence-electron chi connectivity index (χ2n) is 15.8. The van der Waals surface area contributed by atoms with E-state index in [0.29, 0.717) is 77.0 Å². The monoisotopic (exact) mass is 990 g/mol. The Morgan fingerprint density at radius 1 is 0.329 bits per heavy atom. The maximum absolute atomic E-state index is 14.3. The van der Waals surface area contributed by atoms with Crippen molar-refractivity contribution >= 4 is 59.8 Å². The van der Waals surface area contributed by atoms with Crippen LogP contribution in [0.15, 0.2) is 50.6 Å². The van der Waals surface area contributed by atoms with Crippen LogP contribution in [-0.4, -0.2) is 171 Å². The minimum absolute atomic E-state index is 0.0616. The number of esters is 8. The molecule has 22 nitrogen and oxygen atoms in total. The SMILES string of the molecule is C=CC(=O)OCCCCCC(=O)OCCN1C(=O)N(CCOC(=O)CCCCCOC(=O)C=C)C2C1N(CCOC(=O)CCCCCOC(=O)C=C)C(=O)N2CCOC(=O)CCCCCOC(=O)C=C. The van der Waals surface area contributed by atoms with Crippen LogP contribution in [0.3, 0.4) is 0 Å². The summed E-state index contributed by atoms with van der Waals surface area (Å²) < 4.78 is 41.7. The van der Waals surface area contributed by atoms with Gasteiger partial charge in [-0.05, 0) is 77.0 Å². The second-order valence-corrected chi connectivity index (χ2v) is 15.8. The highest BCUT2D eigenvalue weighted by Gasteiger charge is 2.58. The zero-order valence-corrected chi connectivity index (χ0v) is 40.2. The lowest BCUT2D eigenvalue weighted by molar-refractivity contribution is -0.145. The Morgan fingerprint density at radius 3 is 0.743 bits per heavy atom. The predicted molar refractivity (Wildman–Crippen MR) is 248 cm³/mol. The van der Waals surface area contributed by atoms with Gasteiger partial charge in [0.05, 0.1) is 52.6 Å². The summed E-state index contributed by atoms with van der Waals surface area (Å²) in [4.78, 5) is 130. The van der Waals surface area contributed by atoms with Crippen molar-refractivity contribution in [2.45, 2.75) is 115 Å². The smallest absolute Gasteiger partial charge is 0.330 e. The van der Waals surface area contributed by atoms with Crippen molar-refractivity contribution in [3.05, 3.63) is 50.6 Å². The van der Waals surface area contributed by atoms with Gasteiger partial charge < -0.3 is 37.9 Å². The van der Waals surface area contributed by atoms with Crippen molar-refractivity contribution in [2.24, 2.45) is 0 Å². The molecule has 22 heteroatoms. The van der Waals surface area contributed by atoms with Gasteiger partial charge in [-0.1, -0.05) is 26.3 Å². The van der Waals surface area contributed by atoms with Crippen molar-refractivity contribution in [3.8, 4) is 0 Å². The molecule has 390 valence electrons. The summed E-state index contributed by atoms with van der Waals surface area (Å²) in [7, 11) is 0. The lowest BCUT2D eigenvalue weighted by Gasteiger charge is -2.29. The fraction of sp³-hybridized carbons (Fsp3) is 0.625. The molecule has 2 heterocycles. The Labute approximate surface area is 409 Å². The molecule has 0 unspecified atom stereocenters. The molecule has 0 bridgehead atoms. The van der Waals surface area contributed by atoms with Gasteiger partial charge in [0.15, 0.2) is 0 Å². The van der Waals surface area contributed by atoms with Gasteiger partial charge in [-0.2, -0.15) is 0 Å². The molecule has 0 atom stereocenters. The number of carbonyl (C=O) groups excluding carboxylic acids is 10. The highest BCUT2D eigenvalue weighted by Crippen LogP contribution is 2.35. The van der Waals surface area contributed by atoms with Gasteiger partial charge in [-0.15, -0.1) is 0 Å². The van der Waals surface area contributed by atoms with E-state index in [0.717, 1.165) is 24.3 Å². The van der Waals surface area contributed by atoms with E-state index in [1.54, 1.807) is 0 Å². The first kappa shape index (κ1) is 59.4. The van der Waals surface area contributed by atoms with Crippen LogP contribution < -0.4 is 0 Å². The van der Waals surface area contributed by atoms with E-state index in [1.807, 2.05) is 0 Å². The van der Waals surface area contributed by atoms with Crippen molar-refractivity contribution in [1.29, 1.82) is 0 Å². The Hall–Kier alpha value is -6.74. The van der Waals surface area contributed by atoms with Crippen LogP contribution >= 0.6 is 0 Å². The first-order chi connectivity index (χ1) is 33.8. The standard InChI is InChI=1S/C48H70N4O18/c1-5-37(53)63-29-17-9-13-21-41(57)67-33-25-49-45-46(51(47(49)61)27-35-69-43(59)23-15-11-19-31-65-39(55)7-3)52(28-36-70-44(60)24-16-12-20-32-66-40(56)8-4)48(62)50(45)26-34-68-42(58)22-14-10-18-30-64-38(54)6-2/h5-8,45-46H,1-4,9-36H2. The maximum Gasteiger partial charge on any atom is 0.330 e. The number of ether oxygens (including phenoxy) is 8. The summed E-state index contributed by atoms with van der Waals surface area (Å²) >= 11 is 0. The van der Waals surface area contributed by atoms with Crippen molar-refractivity contribution in [1.82, 2.24) is 19.6 Å². The number of carbonyl (C=O) groups is 10. The Balaban J connectivity index is 2.18. The number of unbranched alkanes of at least 4 members (excludes halogenated alkanes) is 8. The van der Waals surface area contributed by atoms with E-state index >= 15 is 0 Å². The van der Waals surface area contributed by atoms with Crippen LogP contribution in [0.4, 0.5) is 9.59 Å². The molecule has 0 aromatic carbocycles. The van der Waals surface area contributed by atoms with Gasteiger partial charge >= 0.3 is 59.8 Å². The van der Waals surface area contributed by atoms with Crippen LogP contribution in [0.25, 0.3) is 0 Å². The van der Waals surface area contributed by atoms with Crippen LogP contribution in [-0.2, 0) is 76.3 Å². The van der Waals surface area contributed by atoms with Crippen LogP contribution in [0.1, 0.15) is 103 Å². The van der Waals surface area contributed by atoms with Gasteiger partial charge in [-0.3, -0.25) is 38.8 Å². The van der Waals surface area contributed by atoms with Gasteiger partial charge in [0.2, 0.25) is 0 Å². The molecule has 0 N–H and O–H groups in total. The fourth-order valence-electron chi connectivity index (χ4n) is 7.11. The molecule has 2 saturated heterocycles. The van der Waals surface area contributed by atoms with Crippen molar-refractivity contribution in [2.75, 3.05) is 79.0 Å². The summed E-state index contributed by atoms with van der Waals surface area (Å²) in [6.45, 7) is 12.5. The molecule has 2 aliphatic rings. The normalized spacial score (nSPS) is 14.8. The zero-order valence-electron chi connectivity index (χ0n) is 40.2. The number of hydrogen-bond acceptors (Lipinski definition) is 18. The molecule has 0 aromatic rings. The van der Waals surface area contributed by atoms with Gasteiger partial charge in [0.25, 0.3) is 0 Å². The van der Waals surface area contributed by atoms with Crippen LogP contribution in [0, 0.1) is 0 Å². The fourth-order valence-corrected chi connectivity index (χ4v) is 7.11. The van der Waals surface area contributed by atoms with Crippen molar-refractivity contribution < 1.29 is 85.8 Å². The lowest BCUT2D eigenvalue weighted by Crippen LogP contribution is -2.49. The minimum Gasteiger partial charge on any atom is -0.464 e. The van der Waals surface area contributed by atoms with Crippen LogP contribution in [0.5, 0.6) is 0 Å². The molecular weight excluding hydrogens is 921 g/mol. The molecule has 70 heavy (non-hydrogen) atoms. The molecule has 0 saturated carbocycles. The number of urea groups is 2. The quantitative estimate of drug-likeness (QED) is 0.0356. The molecule has 4 amide bonds. The first-order valence-corrected chi connectivity index (χ1v) is 23.7. The first-order valence-electron chi connectivity index (χ1n) is 23.7. The summed E-state index contributed by atoms with van der Waals surface area (Å²) in [5.41, 5.74) is 0. The lowest BCUT2D eigenvalue weighted by atomic mass is 10.2. The Bertz CT molecular complexity index is 1540. The summed E-state index contributed by atoms with van der Waals surface area (Å²) in [5, 5.41) is 0. The van der Waals surface area contributed by atoms with Crippen molar-refractivity contribution in [3.63, 3.8) is 0 Å². The van der Waals surface area contributed by atoms with E-state index in [-0.39, 0.29) is 105 Å². The van der Waals surface area contributed by atoms with E-state index in [4.69, 9.17) is 37.9 Å². The highest BCUT2D eigenvalue weighted by molar-refractivity contribution is 5.86. The molecule has 0 spiro atoms. The maximum atomic E-state index is 14.3. The molecule has 0 aromatic heterocycles. The van der Waals surface area contributed by atoms with Gasteiger partial charge in [0, 0.05) is 50.0 Å².